The van der Waals surface area contributed by atoms with Crippen molar-refractivity contribution in [3.63, 3.8) is 0 Å². The number of nitrogens with one attached hydrogen (secondary N) is 1. The topological polar surface area (TPSA) is 92.8 Å². The first-order chi connectivity index (χ1) is 12.9. The molecule has 0 spiro atoms. The van der Waals surface area contributed by atoms with Gasteiger partial charge in [0.05, 0.1) is 17.4 Å². The third-order valence-corrected chi connectivity index (χ3v) is 6.22. The fraction of sp³-hybridized carbons (Fsp3) is 0.579. The maximum absolute atomic E-state index is 12.4. The van der Waals surface area contributed by atoms with Gasteiger partial charge in [0.15, 0.2) is 0 Å². The number of esters is 1. The molecular weight excluding hydrogens is 368 g/mol. The number of carbonyl (C=O) groups is 2. The van der Waals surface area contributed by atoms with Gasteiger partial charge >= 0.3 is 5.97 Å². The van der Waals surface area contributed by atoms with Gasteiger partial charge in [-0.2, -0.15) is 0 Å². The molecule has 0 aromatic heterocycles. The molecule has 150 valence electrons. The number of rotatable bonds is 8. The van der Waals surface area contributed by atoms with E-state index in [1.54, 1.807) is 43.0 Å². The summed E-state index contributed by atoms with van der Waals surface area (Å²) in [5.74, 6) is -0.223. The summed E-state index contributed by atoms with van der Waals surface area (Å²) in [5.41, 5.74) is 0.917. The first kappa shape index (κ1) is 21.4. The molecule has 8 heteroatoms. The Labute approximate surface area is 161 Å². The van der Waals surface area contributed by atoms with Gasteiger partial charge in [-0.25, -0.2) is 13.1 Å². The maximum Gasteiger partial charge on any atom is 0.309 e. The average molecular weight is 397 g/mol. The van der Waals surface area contributed by atoms with Crippen LogP contribution >= 0.6 is 0 Å². The predicted octanol–water partition coefficient (Wildman–Crippen LogP) is 1.72. The Morgan fingerprint density at radius 3 is 2.33 bits per heavy atom. The van der Waals surface area contributed by atoms with E-state index < -0.39 is 10.0 Å². The molecule has 0 bridgehead atoms. The van der Waals surface area contributed by atoms with Crippen LogP contribution in [0.2, 0.25) is 0 Å². The molecule has 1 aromatic carbocycles. The molecule has 1 amide bonds. The number of hydrogen-bond donors (Lipinski definition) is 1. The van der Waals surface area contributed by atoms with Crippen LogP contribution in [0.4, 0.5) is 0 Å². The third kappa shape index (κ3) is 6.04. The van der Waals surface area contributed by atoms with Crippen LogP contribution in [0.25, 0.3) is 0 Å². The first-order valence-corrected chi connectivity index (χ1v) is 10.9. The quantitative estimate of drug-likeness (QED) is 0.676. The summed E-state index contributed by atoms with van der Waals surface area (Å²) < 4.78 is 31.3. The molecule has 1 aromatic rings. The van der Waals surface area contributed by atoms with E-state index in [1.807, 2.05) is 0 Å². The van der Waals surface area contributed by atoms with Crippen molar-refractivity contribution in [2.24, 2.45) is 5.92 Å². The number of hydrogen-bond acceptors (Lipinski definition) is 5. The van der Waals surface area contributed by atoms with E-state index in [0.29, 0.717) is 51.9 Å². The largest absolute Gasteiger partial charge is 0.466 e. The smallest absolute Gasteiger partial charge is 0.309 e. The highest BCUT2D eigenvalue weighted by molar-refractivity contribution is 7.89. The van der Waals surface area contributed by atoms with Crippen molar-refractivity contribution in [1.82, 2.24) is 9.62 Å². The lowest BCUT2D eigenvalue weighted by atomic mass is 9.96. The number of likely N-dealkylation sites (tertiary alicyclic amines) is 1. The van der Waals surface area contributed by atoms with Crippen molar-refractivity contribution in [1.29, 1.82) is 0 Å². The number of ether oxygens (including phenoxy) is 1. The molecule has 1 fully saturated rings. The summed E-state index contributed by atoms with van der Waals surface area (Å²) in [6, 6.07) is 6.60. The van der Waals surface area contributed by atoms with Gasteiger partial charge in [0.25, 0.3) is 0 Å². The summed E-state index contributed by atoms with van der Waals surface area (Å²) in [7, 11) is -3.46. The second kappa shape index (κ2) is 9.85. The molecule has 1 heterocycles. The normalized spacial score (nSPS) is 15.6. The van der Waals surface area contributed by atoms with Crippen molar-refractivity contribution in [2.45, 2.75) is 44.4 Å². The van der Waals surface area contributed by atoms with Crippen molar-refractivity contribution in [3.8, 4) is 0 Å². The average Bonchev–Trinajstić information content (AvgIpc) is 2.66. The number of aryl methyl sites for hydroxylation is 1. The second-order valence-corrected chi connectivity index (χ2v) is 8.32. The Morgan fingerprint density at radius 2 is 1.78 bits per heavy atom. The molecule has 0 radical (unpaired) electrons. The molecule has 0 aliphatic carbocycles. The van der Waals surface area contributed by atoms with Crippen LogP contribution in [0.5, 0.6) is 0 Å². The minimum atomic E-state index is -3.46. The molecule has 0 unspecified atom stereocenters. The minimum Gasteiger partial charge on any atom is -0.466 e. The number of nitrogens with zero attached hydrogens (tertiary/aromatic N) is 1. The number of amides is 1. The number of carbonyl (C=O) groups excluding carboxylic acids is 2. The molecule has 2 rings (SSSR count). The molecule has 0 saturated carbocycles. The summed E-state index contributed by atoms with van der Waals surface area (Å²) >= 11 is 0. The molecule has 7 nitrogen and oxygen atoms in total. The van der Waals surface area contributed by atoms with E-state index in [4.69, 9.17) is 4.74 Å². The van der Waals surface area contributed by atoms with Gasteiger partial charge in [0.2, 0.25) is 15.9 Å². The SMILES string of the molecule is CCNS(=O)(=O)c1ccc(CCC(=O)N2CCC(C(=O)OCC)CC2)cc1. The van der Waals surface area contributed by atoms with Crippen LogP contribution in [0.3, 0.4) is 0 Å². The zero-order valence-corrected chi connectivity index (χ0v) is 16.8. The van der Waals surface area contributed by atoms with Crippen molar-refractivity contribution >= 4 is 21.9 Å². The van der Waals surface area contributed by atoms with Crippen LogP contribution in [0, 0.1) is 5.92 Å². The van der Waals surface area contributed by atoms with Gasteiger partial charge in [0, 0.05) is 26.1 Å². The lowest BCUT2D eigenvalue weighted by Crippen LogP contribution is -2.40. The fourth-order valence-corrected chi connectivity index (χ4v) is 4.18. The van der Waals surface area contributed by atoms with Crippen LogP contribution in [-0.2, 0) is 30.8 Å². The van der Waals surface area contributed by atoms with Gasteiger partial charge in [-0.15, -0.1) is 0 Å². The first-order valence-electron chi connectivity index (χ1n) is 9.40. The van der Waals surface area contributed by atoms with Crippen molar-refractivity contribution < 1.29 is 22.7 Å². The highest BCUT2D eigenvalue weighted by Gasteiger charge is 2.27. The van der Waals surface area contributed by atoms with E-state index in [1.165, 1.54) is 0 Å². The molecular formula is C19H28N2O5S. The van der Waals surface area contributed by atoms with E-state index >= 15 is 0 Å². The van der Waals surface area contributed by atoms with Gasteiger partial charge < -0.3 is 9.64 Å². The van der Waals surface area contributed by atoms with Crippen LogP contribution < -0.4 is 4.72 Å². The Balaban J connectivity index is 1.82. The highest BCUT2D eigenvalue weighted by Crippen LogP contribution is 2.20. The lowest BCUT2D eigenvalue weighted by Gasteiger charge is -2.31. The predicted molar refractivity (Wildman–Crippen MR) is 102 cm³/mol. The third-order valence-electron chi connectivity index (χ3n) is 4.66. The van der Waals surface area contributed by atoms with E-state index in [-0.39, 0.29) is 22.7 Å². The highest BCUT2D eigenvalue weighted by atomic mass is 32.2. The lowest BCUT2D eigenvalue weighted by molar-refractivity contribution is -0.151. The van der Waals surface area contributed by atoms with Gasteiger partial charge in [-0.1, -0.05) is 19.1 Å². The Morgan fingerprint density at radius 1 is 1.15 bits per heavy atom. The molecule has 1 saturated heterocycles. The number of sulfonamides is 1. The summed E-state index contributed by atoms with van der Waals surface area (Å²) in [4.78, 5) is 26.2. The Hall–Kier alpha value is -1.93. The zero-order chi connectivity index (χ0) is 19.9. The number of benzene rings is 1. The molecule has 0 atom stereocenters. The van der Waals surface area contributed by atoms with Gasteiger partial charge in [-0.3, -0.25) is 9.59 Å². The van der Waals surface area contributed by atoms with Crippen molar-refractivity contribution in [3.05, 3.63) is 29.8 Å². The Kier molecular flexibility index (Phi) is 7.79. The Bertz CT molecular complexity index is 738. The van der Waals surface area contributed by atoms with Crippen LogP contribution in [0.1, 0.15) is 38.7 Å². The number of piperidine rings is 1. The summed E-state index contributed by atoms with van der Waals surface area (Å²) in [5, 5.41) is 0. The maximum atomic E-state index is 12.4. The second-order valence-electron chi connectivity index (χ2n) is 6.55. The van der Waals surface area contributed by atoms with Crippen molar-refractivity contribution in [2.75, 3.05) is 26.2 Å². The molecule has 1 aliphatic heterocycles. The standard InChI is InChI=1S/C19H28N2O5S/c1-3-20-27(24,25)17-8-5-15(6-9-17)7-10-18(22)21-13-11-16(12-14-21)19(23)26-4-2/h5-6,8-9,16,20H,3-4,7,10-14H2,1-2H3. The summed E-state index contributed by atoms with van der Waals surface area (Å²) in [6.07, 6.45) is 2.20. The van der Waals surface area contributed by atoms with E-state index in [2.05, 4.69) is 4.72 Å². The van der Waals surface area contributed by atoms with E-state index in [9.17, 15) is 18.0 Å². The van der Waals surface area contributed by atoms with Crippen LogP contribution in [-0.4, -0.2) is 51.4 Å². The van der Waals surface area contributed by atoms with Gasteiger partial charge in [0.1, 0.15) is 0 Å². The monoisotopic (exact) mass is 396 g/mol. The minimum absolute atomic E-state index is 0.0571. The van der Waals surface area contributed by atoms with Crippen LogP contribution in [0.15, 0.2) is 29.2 Å². The molecule has 1 N–H and O–H groups in total. The van der Waals surface area contributed by atoms with Gasteiger partial charge in [-0.05, 0) is 43.9 Å². The van der Waals surface area contributed by atoms with E-state index in [0.717, 1.165) is 5.56 Å². The zero-order valence-electron chi connectivity index (χ0n) is 15.9. The summed E-state index contributed by atoms with van der Waals surface area (Å²) in [6.45, 7) is 5.38. The molecule has 27 heavy (non-hydrogen) atoms. The molecule has 1 aliphatic rings. The fourth-order valence-electron chi connectivity index (χ4n) is 3.14.